The van der Waals surface area contributed by atoms with Crippen LogP contribution in [0.2, 0.25) is 0 Å². The van der Waals surface area contributed by atoms with Gasteiger partial charge in [0, 0.05) is 32.2 Å². The molecule has 2 atom stereocenters. The standard InChI is InChI=1S/C40H75O5/c1-5-9-13-17-20-24-28-37(27-23-16-12-8-4)29-30-38(35-41)36-45-39(42)31-32-40(43-33-25-21-18-14-10-6-2)44-34-26-22-19-15-11-7-3/h9-11,14-15,37-38,40-41H,5-8,12-13,16-36H2,1-4H3/b14-10-,15-11-. The van der Waals surface area contributed by atoms with Gasteiger partial charge in [-0.05, 0) is 76.5 Å². The first-order valence-corrected chi connectivity index (χ1v) is 19.2. The van der Waals surface area contributed by atoms with E-state index in [0.717, 1.165) is 64.2 Å². The van der Waals surface area contributed by atoms with Gasteiger partial charge in [0.15, 0.2) is 6.29 Å². The molecular weight excluding hydrogens is 560 g/mol. The van der Waals surface area contributed by atoms with Gasteiger partial charge in [-0.15, -0.1) is 0 Å². The summed E-state index contributed by atoms with van der Waals surface area (Å²) in [6, 6.07) is 0. The van der Waals surface area contributed by atoms with E-state index < -0.39 is 0 Å². The van der Waals surface area contributed by atoms with Crippen LogP contribution < -0.4 is 0 Å². The Balaban J connectivity index is 4.60. The van der Waals surface area contributed by atoms with Crippen molar-refractivity contribution in [2.75, 3.05) is 26.4 Å². The van der Waals surface area contributed by atoms with Gasteiger partial charge < -0.3 is 19.3 Å². The maximum Gasteiger partial charge on any atom is 0.305 e. The lowest BCUT2D eigenvalue weighted by atomic mass is 9.88. The number of esters is 1. The number of aliphatic hydroxyl groups excluding tert-OH is 1. The molecular formula is C40H75O5. The van der Waals surface area contributed by atoms with Gasteiger partial charge in [-0.2, -0.15) is 0 Å². The zero-order valence-corrected chi connectivity index (χ0v) is 30.3. The molecule has 0 amide bonds. The average molecular weight is 636 g/mol. The maximum atomic E-state index is 12.7. The van der Waals surface area contributed by atoms with E-state index in [9.17, 15) is 9.90 Å². The van der Waals surface area contributed by atoms with E-state index in [1.54, 1.807) is 0 Å². The molecule has 0 aromatic heterocycles. The summed E-state index contributed by atoms with van der Waals surface area (Å²) in [4.78, 5) is 12.7. The smallest absolute Gasteiger partial charge is 0.305 e. The van der Waals surface area contributed by atoms with Crippen LogP contribution >= 0.6 is 0 Å². The van der Waals surface area contributed by atoms with Gasteiger partial charge in [-0.1, -0.05) is 123 Å². The van der Waals surface area contributed by atoms with Crippen molar-refractivity contribution in [2.24, 2.45) is 11.8 Å². The fraction of sp³-hybridized carbons (Fsp3) is 0.850. The topological polar surface area (TPSA) is 65.0 Å². The monoisotopic (exact) mass is 636 g/mol. The second kappa shape index (κ2) is 35.7. The minimum absolute atomic E-state index is 0.0121. The number of aliphatic hydroxyl groups is 1. The Morgan fingerprint density at radius 2 is 1.18 bits per heavy atom. The van der Waals surface area contributed by atoms with Gasteiger partial charge in [0.2, 0.25) is 0 Å². The van der Waals surface area contributed by atoms with Crippen molar-refractivity contribution in [2.45, 2.75) is 182 Å². The van der Waals surface area contributed by atoms with Crippen LogP contribution in [0, 0.1) is 18.3 Å². The van der Waals surface area contributed by atoms with Crippen LogP contribution in [0.15, 0.2) is 24.3 Å². The van der Waals surface area contributed by atoms with Gasteiger partial charge in [-0.25, -0.2) is 0 Å². The quantitative estimate of drug-likeness (QED) is 0.0325. The van der Waals surface area contributed by atoms with Crippen molar-refractivity contribution in [3.8, 4) is 0 Å². The third-order valence-corrected chi connectivity index (χ3v) is 8.52. The van der Waals surface area contributed by atoms with Crippen molar-refractivity contribution in [1.29, 1.82) is 0 Å². The van der Waals surface area contributed by atoms with E-state index in [2.05, 4.69) is 58.4 Å². The summed E-state index contributed by atoms with van der Waals surface area (Å²) in [6.07, 6.45) is 36.2. The van der Waals surface area contributed by atoms with Crippen LogP contribution in [-0.4, -0.2) is 43.8 Å². The number of unbranched alkanes of at least 4 members (excludes halogenated alkanes) is 12. The Kier molecular flexibility index (Phi) is 34.8. The van der Waals surface area contributed by atoms with E-state index in [4.69, 9.17) is 14.2 Å². The Bertz CT molecular complexity index is 637. The Hall–Kier alpha value is -1.17. The predicted molar refractivity (Wildman–Crippen MR) is 192 cm³/mol. The zero-order valence-electron chi connectivity index (χ0n) is 30.3. The van der Waals surface area contributed by atoms with E-state index in [1.165, 1.54) is 70.6 Å². The summed E-state index contributed by atoms with van der Waals surface area (Å²) < 4.78 is 17.8. The van der Waals surface area contributed by atoms with Crippen molar-refractivity contribution in [3.05, 3.63) is 30.7 Å². The Morgan fingerprint density at radius 3 is 1.73 bits per heavy atom. The minimum atomic E-state index is -0.378. The first kappa shape index (κ1) is 43.8. The van der Waals surface area contributed by atoms with Crippen molar-refractivity contribution < 1.29 is 24.1 Å². The number of carbonyl (C=O) groups excluding carboxylic acids is 1. The number of carbonyl (C=O) groups is 1. The largest absolute Gasteiger partial charge is 0.465 e. The van der Waals surface area contributed by atoms with E-state index in [-0.39, 0.29) is 31.2 Å². The highest BCUT2D eigenvalue weighted by atomic mass is 16.7. The molecule has 265 valence electrons. The molecule has 5 nitrogen and oxygen atoms in total. The van der Waals surface area contributed by atoms with Crippen molar-refractivity contribution in [1.82, 2.24) is 0 Å². The van der Waals surface area contributed by atoms with Crippen LogP contribution in [0.3, 0.4) is 0 Å². The highest BCUT2D eigenvalue weighted by molar-refractivity contribution is 5.69. The zero-order chi connectivity index (χ0) is 33.1. The van der Waals surface area contributed by atoms with E-state index in [0.29, 0.717) is 32.2 Å². The third-order valence-electron chi connectivity index (χ3n) is 8.52. The average Bonchev–Trinajstić information content (AvgIpc) is 3.05. The SMILES string of the molecule is CC[CH]CCCCCC(CCCCCC)CCC(CO)COC(=O)CCC(OCCCC/C=C\CC)OCCCC/C=C\CC. The number of hydrogen-bond donors (Lipinski definition) is 1. The lowest BCUT2D eigenvalue weighted by Gasteiger charge is -2.21. The molecule has 0 aromatic rings. The van der Waals surface area contributed by atoms with Gasteiger partial charge in [0.05, 0.1) is 13.0 Å². The summed E-state index contributed by atoms with van der Waals surface area (Å²) in [7, 11) is 0. The molecule has 0 spiro atoms. The summed E-state index contributed by atoms with van der Waals surface area (Å²) in [5.74, 6) is 0.500. The third kappa shape index (κ3) is 31.2. The first-order chi connectivity index (χ1) is 22.1. The van der Waals surface area contributed by atoms with Crippen LogP contribution in [0.25, 0.3) is 0 Å². The fourth-order valence-corrected chi connectivity index (χ4v) is 5.55. The lowest BCUT2D eigenvalue weighted by Crippen LogP contribution is -2.22. The first-order valence-electron chi connectivity index (χ1n) is 19.2. The van der Waals surface area contributed by atoms with Gasteiger partial charge in [-0.3, -0.25) is 4.79 Å². The molecule has 45 heavy (non-hydrogen) atoms. The van der Waals surface area contributed by atoms with Crippen molar-refractivity contribution in [3.63, 3.8) is 0 Å². The molecule has 0 aliphatic carbocycles. The number of rotatable bonds is 35. The minimum Gasteiger partial charge on any atom is -0.465 e. The molecule has 0 aliphatic rings. The highest BCUT2D eigenvalue weighted by Gasteiger charge is 2.17. The molecule has 0 bridgehead atoms. The second-order valence-corrected chi connectivity index (χ2v) is 12.8. The molecule has 1 N–H and O–H groups in total. The van der Waals surface area contributed by atoms with Crippen LogP contribution in [0.4, 0.5) is 0 Å². The Morgan fingerprint density at radius 1 is 0.600 bits per heavy atom. The normalized spacial score (nSPS) is 13.4. The molecule has 0 fully saturated rings. The van der Waals surface area contributed by atoms with Gasteiger partial charge in [0.1, 0.15) is 0 Å². The molecule has 2 unspecified atom stereocenters. The maximum absolute atomic E-state index is 12.7. The molecule has 5 heteroatoms. The molecule has 0 saturated heterocycles. The molecule has 0 rings (SSSR count). The van der Waals surface area contributed by atoms with Crippen LogP contribution in [0.5, 0.6) is 0 Å². The molecule has 0 aliphatic heterocycles. The summed E-state index contributed by atoms with van der Waals surface area (Å²) >= 11 is 0. The van der Waals surface area contributed by atoms with Crippen LogP contribution in [-0.2, 0) is 19.0 Å². The molecule has 0 saturated carbocycles. The molecule has 0 aromatic carbocycles. The predicted octanol–water partition coefficient (Wildman–Crippen LogP) is 11.5. The number of hydrogen-bond acceptors (Lipinski definition) is 5. The number of ether oxygens (including phenoxy) is 3. The summed E-state index contributed by atoms with van der Waals surface area (Å²) in [6.45, 7) is 10.4. The highest BCUT2D eigenvalue weighted by Crippen LogP contribution is 2.25. The van der Waals surface area contributed by atoms with Gasteiger partial charge in [0.25, 0.3) is 0 Å². The van der Waals surface area contributed by atoms with Crippen LogP contribution in [0.1, 0.15) is 175 Å². The summed E-state index contributed by atoms with van der Waals surface area (Å²) in [5.41, 5.74) is 0. The summed E-state index contributed by atoms with van der Waals surface area (Å²) in [5, 5.41) is 10.0. The lowest BCUT2D eigenvalue weighted by molar-refractivity contribution is -0.160. The molecule has 0 heterocycles. The second-order valence-electron chi connectivity index (χ2n) is 12.8. The van der Waals surface area contributed by atoms with E-state index >= 15 is 0 Å². The van der Waals surface area contributed by atoms with Gasteiger partial charge >= 0.3 is 5.97 Å². The molecule has 1 radical (unpaired) electrons. The fourth-order valence-electron chi connectivity index (χ4n) is 5.55. The number of allylic oxidation sites excluding steroid dienone is 4. The van der Waals surface area contributed by atoms with E-state index in [1.807, 2.05) is 0 Å². The Labute approximate surface area is 280 Å². The van der Waals surface area contributed by atoms with Crippen molar-refractivity contribution >= 4 is 5.97 Å².